The zero-order valence-electron chi connectivity index (χ0n) is 42.9. The maximum atomic E-state index is 12.5. The van der Waals surface area contributed by atoms with E-state index in [1.807, 2.05) is 87.4 Å². The van der Waals surface area contributed by atoms with Crippen molar-refractivity contribution >= 4 is 120 Å². The molecule has 0 bridgehead atoms. The Morgan fingerprint density at radius 3 is 1.47 bits per heavy atom. The quantitative estimate of drug-likeness (QED) is 0.108. The van der Waals surface area contributed by atoms with Crippen LogP contribution in [-0.2, 0) is 9.47 Å². The molecule has 8 heterocycles. The van der Waals surface area contributed by atoms with Gasteiger partial charge in [0.25, 0.3) is 0 Å². The van der Waals surface area contributed by atoms with E-state index < -0.39 is 5.60 Å². The number of carbonyl (C=O) groups is 2. The van der Waals surface area contributed by atoms with Crippen LogP contribution in [0, 0.1) is 27.7 Å². The number of benzene rings is 2. The molecule has 25 heteroatoms. The van der Waals surface area contributed by atoms with Crippen LogP contribution in [0.3, 0.4) is 0 Å². The summed E-state index contributed by atoms with van der Waals surface area (Å²) < 4.78 is 23.1. The zero-order chi connectivity index (χ0) is 54.1. The highest BCUT2D eigenvalue weighted by molar-refractivity contribution is 6.36. The van der Waals surface area contributed by atoms with E-state index in [-0.39, 0.29) is 45.3 Å². The molecule has 2 aromatic carbocycles. The number of nitrogens with one attached hydrogen (secondary N) is 3. The molecule has 2 fully saturated rings. The lowest BCUT2D eigenvalue weighted by atomic mass is 10.1. The molecular weight excluding hydrogens is 1070 g/mol. The minimum Gasteiger partial charge on any atom is -0.444 e. The van der Waals surface area contributed by atoms with Crippen molar-refractivity contribution in [2.45, 2.75) is 80.4 Å². The number of hydrogen-bond donors (Lipinski definition) is 3. The van der Waals surface area contributed by atoms with Gasteiger partial charge in [-0.25, -0.2) is 34.5 Å². The summed E-state index contributed by atoms with van der Waals surface area (Å²) in [7, 11) is 0. The summed E-state index contributed by atoms with van der Waals surface area (Å²) in [6.45, 7) is 24.0. The summed E-state index contributed by atoms with van der Waals surface area (Å²) >= 11 is 31.6. The van der Waals surface area contributed by atoms with Crippen molar-refractivity contribution in [2.75, 3.05) is 57.3 Å². The zero-order valence-corrected chi connectivity index (χ0v) is 46.7. The van der Waals surface area contributed by atoms with Crippen LogP contribution in [-0.4, -0.2) is 136 Å². The Kier molecular flexibility index (Phi) is 16.5. The highest BCUT2D eigenvalue weighted by atomic mass is 35.5. The Bertz CT molecular complexity index is 3440. The molecule has 2 amide bonds. The normalized spacial score (nSPS) is 14.1. The third kappa shape index (κ3) is 13.0. The SMILES string of the molecule is CC(C)(C)OC(=O)N1CCNCC1.Cc1cc2c(Cl)nc(Cl)nc2c(Oc2c(Cl)c(C)cc3[nH]ncc23)n1.Cc1cc2c(N3CCN(C(=O)OC(C)(C)C)CC3)nc(Cl)nc2c(Oc2c(Cl)c(C)cc3[nH]ncc23)n1. The van der Waals surface area contributed by atoms with Gasteiger partial charge in [-0.05, 0) is 128 Å². The molecular formula is C50H55Cl5N14O6. The number of fused-ring (bicyclic) bond motifs is 4. The Labute approximate surface area is 457 Å². The number of amides is 2. The van der Waals surface area contributed by atoms with Gasteiger partial charge in [-0.3, -0.25) is 10.2 Å². The van der Waals surface area contributed by atoms with E-state index in [0.29, 0.717) is 81.3 Å². The molecule has 0 saturated carbocycles. The van der Waals surface area contributed by atoms with E-state index in [0.717, 1.165) is 64.5 Å². The topological polar surface area (TPSA) is 228 Å². The number of pyridine rings is 2. The molecule has 0 spiro atoms. The minimum absolute atomic E-state index is 0.0109. The Hall–Kier alpha value is -6.29. The Morgan fingerprint density at radius 1 is 0.547 bits per heavy atom. The van der Waals surface area contributed by atoms with Gasteiger partial charge in [0.15, 0.2) is 11.5 Å². The molecule has 6 aromatic heterocycles. The van der Waals surface area contributed by atoms with Crippen molar-refractivity contribution in [3.8, 4) is 23.3 Å². The molecule has 0 aliphatic carbocycles. The highest BCUT2D eigenvalue weighted by Crippen LogP contribution is 2.42. The lowest BCUT2D eigenvalue weighted by Crippen LogP contribution is -2.50. The fourth-order valence-corrected chi connectivity index (χ4v) is 9.04. The first-order valence-electron chi connectivity index (χ1n) is 23.8. The van der Waals surface area contributed by atoms with Gasteiger partial charge in [0.05, 0.1) is 49.6 Å². The van der Waals surface area contributed by atoms with E-state index in [4.69, 9.17) is 77.0 Å². The fraction of sp³-hybridized carbons (Fsp3) is 0.400. The number of piperazine rings is 2. The van der Waals surface area contributed by atoms with Gasteiger partial charge in [0.1, 0.15) is 33.2 Å². The number of carbonyl (C=O) groups excluding carboxylic acids is 2. The van der Waals surface area contributed by atoms with Crippen LogP contribution in [0.4, 0.5) is 15.4 Å². The smallest absolute Gasteiger partial charge is 0.410 e. The van der Waals surface area contributed by atoms with Crippen molar-refractivity contribution in [1.29, 1.82) is 0 Å². The lowest BCUT2D eigenvalue weighted by Gasteiger charge is -2.36. The summed E-state index contributed by atoms with van der Waals surface area (Å²) in [5.41, 5.74) is 4.63. The van der Waals surface area contributed by atoms with Crippen LogP contribution >= 0.6 is 58.0 Å². The van der Waals surface area contributed by atoms with E-state index in [1.165, 1.54) is 0 Å². The van der Waals surface area contributed by atoms with Crippen molar-refractivity contribution in [3.05, 3.63) is 84.9 Å². The van der Waals surface area contributed by atoms with Crippen LogP contribution < -0.4 is 19.7 Å². The maximum Gasteiger partial charge on any atom is 0.410 e. The molecule has 75 heavy (non-hydrogen) atoms. The molecule has 0 radical (unpaired) electrons. The van der Waals surface area contributed by atoms with Crippen LogP contribution in [0.15, 0.2) is 36.7 Å². The molecule has 20 nitrogen and oxygen atoms in total. The van der Waals surface area contributed by atoms with Gasteiger partial charge < -0.3 is 39.0 Å². The molecule has 2 saturated heterocycles. The van der Waals surface area contributed by atoms with Crippen molar-refractivity contribution in [2.24, 2.45) is 0 Å². The summed E-state index contributed by atoms with van der Waals surface area (Å²) in [5.74, 6) is 2.04. The van der Waals surface area contributed by atoms with Gasteiger partial charge in [-0.1, -0.05) is 34.8 Å². The third-order valence-corrected chi connectivity index (χ3v) is 13.0. The van der Waals surface area contributed by atoms with Gasteiger partial charge in [0, 0.05) is 69.1 Å². The lowest BCUT2D eigenvalue weighted by molar-refractivity contribution is 0.0223. The van der Waals surface area contributed by atoms with Gasteiger partial charge >= 0.3 is 12.2 Å². The Balaban J connectivity index is 0.000000168. The predicted molar refractivity (Wildman–Crippen MR) is 292 cm³/mol. The first-order chi connectivity index (χ1) is 35.4. The van der Waals surface area contributed by atoms with Crippen molar-refractivity contribution in [1.82, 2.24) is 65.4 Å². The van der Waals surface area contributed by atoms with Crippen LogP contribution in [0.2, 0.25) is 25.8 Å². The number of aromatic nitrogens is 10. The number of H-pyrrole nitrogens is 2. The molecule has 0 atom stereocenters. The van der Waals surface area contributed by atoms with E-state index in [2.05, 4.69) is 60.5 Å². The van der Waals surface area contributed by atoms with Crippen LogP contribution in [0.25, 0.3) is 43.6 Å². The number of halogens is 5. The third-order valence-electron chi connectivity index (χ3n) is 11.5. The van der Waals surface area contributed by atoms with E-state index in [1.54, 1.807) is 28.3 Å². The number of hydrogen-bond acceptors (Lipinski definition) is 16. The number of aromatic amines is 2. The minimum atomic E-state index is -0.548. The second-order valence-corrected chi connectivity index (χ2v) is 21.5. The number of aryl methyl sites for hydroxylation is 4. The molecule has 0 unspecified atom stereocenters. The molecule has 3 N–H and O–H groups in total. The van der Waals surface area contributed by atoms with Crippen LogP contribution in [0.1, 0.15) is 64.1 Å². The summed E-state index contributed by atoms with van der Waals surface area (Å²) in [6.07, 6.45) is 2.78. The fourth-order valence-electron chi connectivity index (χ4n) is 8.05. The number of nitrogens with zero attached hydrogens (tertiary/aromatic N) is 11. The number of anilines is 1. The second kappa shape index (κ2) is 22.5. The second-order valence-electron chi connectivity index (χ2n) is 19.7. The molecule has 2 aliphatic heterocycles. The largest absolute Gasteiger partial charge is 0.444 e. The van der Waals surface area contributed by atoms with E-state index in [9.17, 15) is 9.59 Å². The first kappa shape index (κ1) is 55.0. The number of rotatable bonds is 5. The van der Waals surface area contributed by atoms with Crippen LogP contribution in [0.5, 0.6) is 23.3 Å². The number of ether oxygens (including phenoxy) is 4. The summed E-state index contributed by atoms with van der Waals surface area (Å²) in [4.78, 5) is 55.7. The molecule has 396 valence electrons. The standard InChI is InChI=1S/C25H27Cl2N7O3.C16H10Cl3N5O.C9H18N2O2/c1-13-10-17-16(12-28-32-17)20(18(13)26)36-22-19-15(11-14(2)29-22)21(31-23(27)30-19)33-6-8-34(9-7-33)24(35)37-25(3,4)5;1-6-3-10-9(5-20-24-10)13(11(6)17)25-15-12-8(4-7(2)21-15)14(18)23-16(19)22-12;1-9(2,3)13-8(12)11-6-4-10-5-7-11/h10-12H,6-9H2,1-5H3,(H,28,32);3-5H,1-2H3,(H,20,24);10H,4-7H2,1-3H3. The maximum absolute atomic E-state index is 12.5. The first-order valence-corrected chi connectivity index (χ1v) is 25.7. The summed E-state index contributed by atoms with van der Waals surface area (Å²) in [5, 5.41) is 21.2. The predicted octanol–water partition coefficient (Wildman–Crippen LogP) is 11.8. The van der Waals surface area contributed by atoms with Gasteiger partial charge in [-0.15, -0.1) is 0 Å². The Morgan fingerprint density at radius 2 is 0.987 bits per heavy atom. The molecule has 10 rings (SSSR count). The van der Waals surface area contributed by atoms with Crippen molar-refractivity contribution < 1.29 is 28.5 Å². The molecule has 8 aromatic rings. The molecule has 2 aliphatic rings. The van der Waals surface area contributed by atoms with Gasteiger partial charge in [0.2, 0.25) is 22.3 Å². The van der Waals surface area contributed by atoms with E-state index >= 15 is 0 Å². The van der Waals surface area contributed by atoms with Crippen molar-refractivity contribution in [3.63, 3.8) is 0 Å². The average Bonchev–Trinajstić information content (AvgIpc) is 4.02. The summed E-state index contributed by atoms with van der Waals surface area (Å²) in [6, 6.07) is 7.48. The monoisotopic (exact) mass is 1120 g/mol. The van der Waals surface area contributed by atoms with Gasteiger partial charge in [-0.2, -0.15) is 15.2 Å². The highest BCUT2D eigenvalue weighted by Gasteiger charge is 2.29. The average molecular weight is 1130 g/mol.